The highest BCUT2D eigenvalue weighted by Gasteiger charge is 2.03. The first-order chi connectivity index (χ1) is 13.2. The zero-order valence-electron chi connectivity index (χ0n) is 14.5. The van der Waals surface area contributed by atoms with E-state index in [1.807, 2.05) is 30.3 Å². The molecule has 2 amide bonds. The summed E-state index contributed by atoms with van der Waals surface area (Å²) >= 11 is 0. The first-order valence-corrected chi connectivity index (χ1v) is 8.20. The molecule has 2 rings (SSSR count). The number of carbonyl (C=O) groups excluding carboxylic acids is 2. The summed E-state index contributed by atoms with van der Waals surface area (Å²) in [4.78, 5) is 23.1. The van der Waals surface area contributed by atoms with E-state index in [-0.39, 0.29) is 6.61 Å². The number of anilines is 1. The van der Waals surface area contributed by atoms with Gasteiger partial charge in [0.2, 0.25) is 0 Å². The van der Waals surface area contributed by atoms with Gasteiger partial charge in [-0.15, -0.1) is 0 Å². The molecule has 0 aliphatic rings. The lowest BCUT2D eigenvalue weighted by atomic mass is 10.1. The van der Waals surface area contributed by atoms with E-state index in [9.17, 15) is 9.59 Å². The summed E-state index contributed by atoms with van der Waals surface area (Å²) < 4.78 is 5.10. The van der Waals surface area contributed by atoms with Crippen LogP contribution < -0.4 is 10.6 Å². The van der Waals surface area contributed by atoms with E-state index < -0.39 is 12.0 Å². The zero-order valence-corrected chi connectivity index (χ0v) is 14.5. The molecule has 3 N–H and O–H groups in total. The van der Waals surface area contributed by atoms with Crippen LogP contribution in [0.3, 0.4) is 0 Å². The Balaban J connectivity index is 1.77. The number of oxime groups is 1. The van der Waals surface area contributed by atoms with Gasteiger partial charge in [-0.3, -0.25) is 4.79 Å². The second-order valence-corrected chi connectivity index (χ2v) is 5.32. The Kier molecular flexibility index (Phi) is 7.92. The number of amides is 2. The molecule has 0 spiro atoms. The lowest BCUT2D eigenvalue weighted by molar-refractivity contribution is -0.110. The first-order valence-electron chi connectivity index (χ1n) is 8.20. The molecule has 7 heteroatoms. The maximum absolute atomic E-state index is 11.6. The highest BCUT2D eigenvalue weighted by Crippen LogP contribution is 2.13. The van der Waals surface area contributed by atoms with Gasteiger partial charge in [0.05, 0.1) is 5.69 Å². The molecular formula is C20H19N3O4. The molecule has 0 unspecified atom stereocenters. The average molecular weight is 365 g/mol. The van der Waals surface area contributed by atoms with Crippen molar-refractivity contribution in [2.75, 3.05) is 11.9 Å². The summed E-state index contributed by atoms with van der Waals surface area (Å²) in [5.41, 5.74) is 2.03. The highest BCUT2D eigenvalue weighted by molar-refractivity contribution is 6.31. The zero-order chi connectivity index (χ0) is 19.3. The Bertz CT molecular complexity index is 854. The van der Waals surface area contributed by atoms with Crippen molar-refractivity contribution in [2.45, 2.75) is 13.0 Å². The van der Waals surface area contributed by atoms with Crippen molar-refractivity contribution in [3.05, 3.63) is 65.7 Å². The van der Waals surface area contributed by atoms with Gasteiger partial charge in [-0.1, -0.05) is 59.5 Å². The van der Waals surface area contributed by atoms with E-state index >= 15 is 0 Å². The van der Waals surface area contributed by atoms with Crippen molar-refractivity contribution >= 4 is 23.9 Å². The third-order valence-electron chi connectivity index (χ3n) is 3.32. The molecule has 0 atom stereocenters. The fourth-order valence-corrected chi connectivity index (χ4v) is 2.08. The van der Waals surface area contributed by atoms with Crippen molar-refractivity contribution in [2.24, 2.45) is 5.16 Å². The number of carbonyl (C=O) groups is 2. The van der Waals surface area contributed by atoms with Gasteiger partial charge in [-0.2, -0.15) is 0 Å². The smallest absolute Gasteiger partial charge is 0.407 e. The summed E-state index contributed by atoms with van der Waals surface area (Å²) in [5, 5.41) is 16.2. The van der Waals surface area contributed by atoms with Crippen molar-refractivity contribution in [1.82, 2.24) is 5.32 Å². The number of hydrogen-bond donors (Lipinski definition) is 3. The van der Waals surface area contributed by atoms with Gasteiger partial charge in [0, 0.05) is 18.5 Å². The minimum atomic E-state index is -0.561. The number of nitrogens with one attached hydrogen (secondary N) is 2. The van der Waals surface area contributed by atoms with Gasteiger partial charge in [0.1, 0.15) is 12.8 Å². The van der Waals surface area contributed by atoms with E-state index in [1.165, 1.54) is 0 Å². The van der Waals surface area contributed by atoms with Crippen LogP contribution in [0.25, 0.3) is 0 Å². The summed E-state index contributed by atoms with van der Waals surface area (Å²) in [6, 6.07) is 16.4. The number of para-hydroxylation sites is 1. The van der Waals surface area contributed by atoms with E-state index in [2.05, 4.69) is 27.6 Å². The van der Waals surface area contributed by atoms with Gasteiger partial charge in [-0.25, -0.2) is 4.79 Å². The number of benzene rings is 2. The van der Waals surface area contributed by atoms with Crippen LogP contribution in [-0.2, 0) is 16.1 Å². The van der Waals surface area contributed by atoms with Gasteiger partial charge < -0.3 is 20.6 Å². The molecule has 7 nitrogen and oxygen atoms in total. The summed E-state index contributed by atoms with van der Waals surface area (Å²) in [6.45, 7) is 0.550. The van der Waals surface area contributed by atoms with Crippen LogP contribution in [0.15, 0.2) is 59.8 Å². The molecule has 0 fully saturated rings. The Morgan fingerprint density at radius 1 is 1.11 bits per heavy atom. The van der Waals surface area contributed by atoms with E-state index in [0.717, 1.165) is 11.8 Å². The number of rotatable bonds is 6. The molecule has 2 aromatic carbocycles. The summed E-state index contributed by atoms with van der Waals surface area (Å²) in [6.07, 6.45) is 0.673. The number of ether oxygens (including phenoxy) is 1. The molecule has 0 bridgehead atoms. The minimum Gasteiger partial charge on any atom is -0.445 e. The molecule has 0 saturated heterocycles. The van der Waals surface area contributed by atoms with Crippen LogP contribution in [-0.4, -0.2) is 30.0 Å². The molecule has 0 aromatic heterocycles. The monoisotopic (exact) mass is 365 g/mol. The predicted octanol–water partition coefficient (Wildman–Crippen LogP) is 2.75. The Hall–Kier alpha value is -3.79. The standard InChI is InChI=1S/C20H19N3O4/c24-19(14-22-26)23-18-12-5-4-10-17(18)11-6-7-13-21-20(25)27-15-16-8-2-1-3-9-16/h1-5,8-10,12,14,26H,7,13,15H2,(H,21,25)(H,23,24). The van der Waals surface area contributed by atoms with Crippen molar-refractivity contribution in [3.8, 4) is 11.8 Å². The van der Waals surface area contributed by atoms with Crippen LogP contribution in [0.5, 0.6) is 0 Å². The second-order valence-electron chi connectivity index (χ2n) is 5.32. The van der Waals surface area contributed by atoms with Crippen molar-refractivity contribution in [3.63, 3.8) is 0 Å². The topological polar surface area (TPSA) is 100 Å². The van der Waals surface area contributed by atoms with Gasteiger partial charge in [0.25, 0.3) is 5.91 Å². The SMILES string of the molecule is O=C(C=NO)Nc1ccccc1C#CCCNC(=O)OCc1ccccc1. The molecule has 2 aromatic rings. The minimum absolute atomic E-state index is 0.211. The molecule has 0 aliphatic carbocycles. The summed E-state index contributed by atoms with van der Waals surface area (Å²) in [5.74, 6) is 5.29. The Labute approximate surface area is 157 Å². The Morgan fingerprint density at radius 2 is 1.85 bits per heavy atom. The van der Waals surface area contributed by atoms with Gasteiger partial charge in [0.15, 0.2) is 0 Å². The Morgan fingerprint density at radius 3 is 2.63 bits per heavy atom. The lowest BCUT2D eigenvalue weighted by Gasteiger charge is -2.05. The predicted molar refractivity (Wildman–Crippen MR) is 101 cm³/mol. The normalized spacial score (nSPS) is 9.93. The molecule has 0 heterocycles. The largest absolute Gasteiger partial charge is 0.445 e. The molecule has 27 heavy (non-hydrogen) atoms. The third-order valence-corrected chi connectivity index (χ3v) is 3.32. The van der Waals surface area contributed by atoms with E-state index in [0.29, 0.717) is 24.2 Å². The maximum atomic E-state index is 11.6. The molecular weight excluding hydrogens is 346 g/mol. The molecule has 138 valence electrons. The number of alkyl carbamates (subject to hydrolysis) is 1. The number of hydrogen-bond acceptors (Lipinski definition) is 5. The number of nitrogens with zero attached hydrogens (tertiary/aromatic N) is 1. The van der Waals surface area contributed by atoms with E-state index in [4.69, 9.17) is 9.94 Å². The lowest BCUT2D eigenvalue weighted by Crippen LogP contribution is -2.24. The molecule has 0 saturated carbocycles. The quantitative estimate of drug-likeness (QED) is 0.241. The highest BCUT2D eigenvalue weighted by atomic mass is 16.5. The van der Waals surface area contributed by atoms with Gasteiger partial charge in [-0.05, 0) is 17.7 Å². The van der Waals surface area contributed by atoms with Gasteiger partial charge >= 0.3 is 6.09 Å². The maximum Gasteiger partial charge on any atom is 0.407 e. The fourth-order valence-electron chi connectivity index (χ4n) is 2.08. The summed E-state index contributed by atoms with van der Waals surface area (Å²) in [7, 11) is 0. The van der Waals surface area contributed by atoms with E-state index in [1.54, 1.807) is 24.3 Å². The van der Waals surface area contributed by atoms with Crippen LogP contribution >= 0.6 is 0 Å². The molecule has 0 aliphatic heterocycles. The van der Waals surface area contributed by atoms with Crippen molar-refractivity contribution in [1.29, 1.82) is 0 Å². The van der Waals surface area contributed by atoms with Crippen molar-refractivity contribution < 1.29 is 19.5 Å². The molecule has 0 radical (unpaired) electrons. The van der Waals surface area contributed by atoms with Crippen LogP contribution in [0.1, 0.15) is 17.5 Å². The van der Waals surface area contributed by atoms with Crippen LogP contribution in [0.4, 0.5) is 10.5 Å². The van der Waals surface area contributed by atoms with Crippen LogP contribution in [0.2, 0.25) is 0 Å². The third kappa shape index (κ3) is 7.32. The second kappa shape index (κ2) is 10.9. The average Bonchev–Trinajstić information content (AvgIpc) is 2.68. The first kappa shape index (κ1) is 19.5. The fraction of sp³-hybridized carbons (Fsp3) is 0.150. The van der Waals surface area contributed by atoms with Crippen LogP contribution in [0, 0.1) is 11.8 Å².